The molecule has 1 aromatic rings. The van der Waals surface area contributed by atoms with Gasteiger partial charge in [-0.25, -0.2) is 0 Å². The Morgan fingerprint density at radius 1 is 1.47 bits per heavy atom. The summed E-state index contributed by atoms with van der Waals surface area (Å²) in [7, 11) is 0. The average molecular weight is 326 g/mol. The van der Waals surface area contributed by atoms with Crippen molar-refractivity contribution >= 4 is 21.8 Å². The zero-order chi connectivity index (χ0) is 13.7. The van der Waals surface area contributed by atoms with E-state index in [1.165, 1.54) is 5.56 Å². The SMILES string of the molecule is CCC1OCCC1C(=O)NCc1cccc(CBr)c1. The van der Waals surface area contributed by atoms with E-state index >= 15 is 0 Å². The van der Waals surface area contributed by atoms with Crippen molar-refractivity contribution in [3.63, 3.8) is 0 Å². The first-order valence-electron chi connectivity index (χ1n) is 6.77. The minimum Gasteiger partial charge on any atom is -0.377 e. The van der Waals surface area contributed by atoms with Gasteiger partial charge in [0.25, 0.3) is 0 Å². The van der Waals surface area contributed by atoms with Crippen molar-refractivity contribution in [1.82, 2.24) is 5.32 Å². The summed E-state index contributed by atoms with van der Waals surface area (Å²) in [6.07, 6.45) is 1.83. The fraction of sp³-hybridized carbons (Fsp3) is 0.533. The second-order valence-corrected chi connectivity index (χ2v) is 5.44. The third-order valence-electron chi connectivity index (χ3n) is 3.56. The number of benzene rings is 1. The van der Waals surface area contributed by atoms with E-state index in [2.05, 4.69) is 40.3 Å². The van der Waals surface area contributed by atoms with Crippen molar-refractivity contribution in [2.24, 2.45) is 5.92 Å². The van der Waals surface area contributed by atoms with Crippen LogP contribution in [0.4, 0.5) is 0 Å². The Morgan fingerprint density at radius 2 is 2.26 bits per heavy atom. The van der Waals surface area contributed by atoms with Crippen molar-refractivity contribution in [3.8, 4) is 0 Å². The zero-order valence-electron chi connectivity index (χ0n) is 11.2. The van der Waals surface area contributed by atoms with Crippen LogP contribution in [0, 0.1) is 5.92 Å². The molecule has 0 aromatic heterocycles. The molecule has 3 nitrogen and oxygen atoms in total. The van der Waals surface area contributed by atoms with Gasteiger partial charge in [0.1, 0.15) is 0 Å². The van der Waals surface area contributed by atoms with Gasteiger partial charge in [0, 0.05) is 18.5 Å². The van der Waals surface area contributed by atoms with E-state index < -0.39 is 0 Å². The number of carbonyl (C=O) groups excluding carboxylic acids is 1. The number of carbonyl (C=O) groups is 1. The van der Waals surface area contributed by atoms with E-state index in [9.17, 15) is 4.79 Å². The van der Waals surface area contributed by atoms with Gasteiger partial charge >= 0.3 is 0 Å². The number of hydrogen-bond acceptors (Lipinski definition) is 2. The van der Waals surface area contributed by atoms with Gasteiger partial charge in [0.15, 0.2) is 0 Å². The number of amides is 1. The second kappa shape index (κ2) is 7.06. The van der Waals surface area contributed by atoms with E-state index in [0.29, 0.717) is 13.2 Å². The molecule has 19 heavy (non-hydrogen) atoms. The zero-order valence-corrected chi connectivity index (χ0v) is 12.8. The lowest BCUT2D eigenvalue weighted by Crippen LogP contribution is -2.34. The number of nitrogens with one attached hydrogen (secondary N) is 1. The predicted molar refractivity (Wildman–Crippen MR) is 79.1 cm³/mol. The lowest BCUT2D eigenvalue weighted by molar-refractivity contribution is -0.126. The van der Waals surface area contributed by atoms with Gasteiger partial charge < -0.3 is 10.1 Å². The average Bonchev–Trinajstić information content (AvgIpc) is 2.93. The first-order chi connectivity index (χ1) is 9.24. The Labute approximate surface area is 122 Å². The number of hydrogen-bond donors (Lipinski definition) is 1. The van der Waals surface area contributed by atoms with E-state index in [1.807, 2.05) is 12.1 Å². The molecule has 4 heteroatoms. The summed E-state index contributed by atoms with van der Waals surface area (Å²) in [5, 5.41) is 3.86. The lowest BCUT2D eigenvalue weighted by atomic mass is 9.98. The molecule has 0 aliphatic carbocycles. The van der Waals surface area contributed by atoms with Gasteiger partial charge in [-0.05, 0) is 24.0 Å². The smallest absolute Gasteiger partial charge is 0.226 e. The molecule has 2 unspecified atom stereocenters. The molecule has 0 spiro atoms. The molecule has 1 aliphatic heterocycles. The number of ether oxygens (including phenoxy) is 1. The third-order valence-corrected chi connectivity index (χ3v) is 4.21. The molecule has 2 rings (SSSR count). The van der Waals surface area contributed by atoms with E-state index in [-0.39, 0.29) is 17.9 Å². The summed E-state index contributed by atoms with van der Waals surface area (Å²) < 4.78 is 5.56. The Morgan fingerprint density at radius 3 is 3.00 bits per heavy atom. The number of alkyl halides is 1. The van der Waals surface area contributed by atoms with E-state index in [4.69, 9.17) is 4.74 Å². The van der Waals surface area contributed by atoms with Gasteiger partial charge in [0.05, 0.1) is 12.0 Å². The summed E-state index contributed by atoms with van der Waals surface area (Å²) in [5.74, 6) is 0.137. The molecule has 0 saturated carbocycles. The van der Waals surface area contributed by atoms with E-state index in [0.717, 1.165) is 23.7 Å². The number of rotatable bonds is 5. The fourth-order valence-corrected chi connectivity index (χ4v) is 2.84. The maximum absolute atomic E-state index is 12.1. The highest BCUT2D eigenvalue weighted by atomic mass is 79.9. The van der Waals surface area contributed by atoms with Gasteiger partial charge in [-0.2, -0.15) is 0 Å². The van der Waals surface area contributed by atoms with Crippen LogP contribution < -0.4 is 5.32 Å². The molecule has 1 fully saturated rings. The van der Waals surface area contributed by atoms with Crippen LogP contribution in [0.2, 0.25) is 0 Å². The Bertz CT molecular complexity index is 436. The van der Waals surface area contributed by atoms with Crippen LogP contribution in [-0.4, -0.2) is 18.6 Å². The maximum atomic E-state index is 12.1. The molecule has 2 atom stereocenters. The highest BCUT2D eigenvalue weighted by molar-refractivity contribution is 9.08. The van der Waals surface area contributed by atoms with Crippen LogP contribution in [-0.2, 0) is 21.4 Å². The second-order valence-electron chi connectivity index (χ2n) is 4.88. The molecule has 1 amide bonds. The molecule has 1 aliphatic rings. The van der Waals surface area contributed by atoms with Crippen LogP contribution in [0.15, 0.2) is 24.3 Å². The molecular weight excluding hydrogens is 306 g/mol. The lowest BCUT2D eigenvalue weighted by Gasteiger charge is -2.16. The van der Waals surface area contributed by atoms with Crippen molar-refractivity contribution in [2.45, 2.75) is 37.7 Å². The summed E-state index contributed by atoms with van der Waals surface area (Å²) in [6, 6.07) is 8.23. The highest BCUT2D eigenvalue weighted by Gasteiger charge is 2.32. The Kier molecular flexibility index (Phi) is 5.40. The van der Waals surface area contributed by atoms with Crippen molar-refractivity contribution in [3.05, 3.63) is 35.4 Å². The third kappa shape index (κ3) is 3.80. The van der Waals surface area contributed by atoms with Crippen LogP contribution in [0.3, 0.4) is 0 Å². The van der Waals surface area contributed by atoms with Crippen molar-refractivity contribution in [2.75, 3.05) is 6.61 Å². The van der Waals surface area contributed by atoms with E-state index in [1.54, 1.807) is 0 Å². The molecule has 1 aromatic carbocycles. The molecular formula is C15H20BrNO2. The molecule has 104 valence electrons. The van der Waals surface area contributed by atoms with Crippen LogP contribution in [0.1, 0.15) is 30.9 Å². The van der Waals surface area contributed by atoms with Crippen LogP contribution in [0.5, 0.6) is 0 Å². The maximum Gasteiger partial charge on any atom is 0.226 e. The molecule has 0 radical (unpaired) electrons. The van der Waals surface area contributed by atoms with Gasteiger partial charge in [-0.3, -0.25) is 4.79 Å². The quantitative estimate of drug-likeness (QED) is 0.845. The van der Waals surface area contributed by atoms with Crippen molar-refractivity contribution < 1.29 is 9.53 Å². The largest absolute Gasteiger partial charge is 0.377 e. The standard InChI is InChI=1S/C15H20BrNO2/c1-2-14-13(6-7-19-14)15(18)17-10-12-5-3-4-11(8-12)9-16/h3-5,8,13-14H,2,6-7,9-10H2,1H3,(H,17,18). The Balaban J connectivity index is 1.89. The normalized spacial score (nSPS) is 22.4. The molecule has 1 heterocycles. The topological polar surface area (TPSA) is 38.3 Å². The molecule has 0 bridgehead atoms. The minimum atomic E-state index is 0.0179. The minimum absolute atomic E-state index is 0.0179. The van der Waals surface area contributed by atoms with Crippen LogP contribution >= 0.6 is 15.9 Å². The van der Waals surface area contributed by atoms with Crippen LogP contribution in [0.25, 0.3) is 0 Å². The predicted octanol–water partition coefficient (Wildman–Crippen LogP) is 3.01. The van der Waals surface area contributed by atoms with Gasteiger partial charge in [0.2, 0.25) is 5.91 Å². The summed E-state index contributed by atoms with van der Waals surface area (Å²) in [5.41, 5.74) is 2.36. The Hall–Kier alpha value is -0.870. The monoisotopic (exact) mass is 325 g/mol. The first-order valence-corrected chi connectivity index (χ1v) is 7.89. The summed E-state index contributed by atoms with van der Waals surface area (Å²) >= 11 is 3.44. The summed E-state index contributed by atoms with van der Waals surface area (Å²) in [6.45, 7) is 3.36. The van der Waals surface area contributed by atoms with Crippen molar-refractivity contribution in [1.29, 1.82) is 0 Å². The number of halogens is 1. The fourth-order valence-electron chi connectivity index (χ4n) is 2.49. The molecule has 1 N–H and O–H groups in total. The summed E-state index contributed by atoms with van der Waals surface area (Å²) in [4.78, 5) is 12.1. The van der Waals surface area contributed by atoms with Gasteiger partial charge in [-0.15, -0.1) is 0 Å². The molecule has 1 saturated heterocycles. The van der Waals surface area contributed by atoms with Gasteiger partial charge in [-0.1, -0.05) is 47.1 Å². The highest BCUT2D eigenvalue weighted by Crippen LogP contribution is 2.23. The first kappa shape index (κ1) is 14.5.